The number of benzene rings is 2. The van der Waals surface area contributed by atoms with Crippen LogP contribution in [0.3, 0.4) is 0 Å². The van der Waals surface area contributed by atoms with Crippen molar-refractivity contribution in [3.63, 3.8) is 0 Å². The summed E-state index contributed by atoms with van der Waals surface area (Å²) in [6.45, 7) is 1.66. The maximum absolute atomic E-state index is 13.7. The Kier molecular flexibility index (Phi) is 3.42. The highest BCUT2D eigenvalue weighted by molar-refractivity contribution is 6.06. The molecule has 2 amide bonds. The Balaban J connectivity index is 1.59. The predicted octanol–water partition coefficient (Wildman–Crippen LogP) is 3.28. The Morgan fingerprint density at radius 2 is 2.08 bits per heavy atom. The summed E-state index contributed by atoms with van der Waals surface area (Å²) in [5.74, 6) is -0.512. The van der Waals surface area contributed by atoms with E-state index in [1.54, 1.807) is 37.3 Å². The van der Waals surface area contributed by atoms with E-state index in [4.69, 9.17) is 4.74 Å². The molecule has 0 unspecified atom stereocenters. The minimum atomic E-state index is -0.561. The Bertz CT molecular complexity index is 1010. The van der Waals surface area contributed by atoms with Gasteiger partial charge in [-0.15, -0.1) is 0 Å². The summed E-state index contributed by atoms with van der Waals surface area (Å²) in [6.07, 6.45) is -0.561. The van der Waals surface area contributed by atoms with E-state index in [-0.39, 0.29) is 11.6 Å². The standard InChI is InChI=1S/C18H14FN3O3/c1-9-17(23)22-14-7-10(5-6-16(14)25-9)20-18(24)15-8-11-12(19)3-2-4-13(11)21-15/h2-9,21H,1H3,(H,20,24)(H,22,23)/t9-/m0/s1. The number of hydrogen-bond donors (Lipinski definition) is 3. The normalized spacial score (nSPS) is 16.1. The molecule has 0 fully saturated rings. The molecular formula is C18H14FN3O3. The number of carbonyl (C=O) groups excluding carboxylic acids is 2. The number of aromatic nitrogens is 1. The van der Waals surface area contributed by atoms with Crippen molar-refractivity contribution in [3.05, 3.63) is 54.0 Å². The number of anilines is 2. The van der Waals surface area contributed by atoms with Crippen LogP contribution in [0.25, 0.3) is 10.9 Å². The van der Waals surface area contributed by atoms with E-state index in [1.807, 2.05) is 0 Å². The van der Waals surface area contributed by atoms with Crippen molar-refractivity contribution in [1.29, 1.82) is 0 Å². The molecule has 1 aliphatic rings. The predicted molar refractivity (Wildman–Crippen MR) is 91.4 cm³/mol. The van der Waals surface area contributed by atoms with Crippen LogP contribution in [0.4, 0.5) is 15.8 Å². The van der Waals surface area contributed by atoms with Gasteiger partial charge in [-0.2, -0.15) is 0 Å². The lowest BCUT2D eigenvalue weighted by Crippen LogP contribution is -2.34. The highest BCUT2D eigenvalue weighted by atomic mass is 19.1. The van der Waals surface area contributed by atoms with Crippen molar-refractivity contribution in [2.75, 3.05) is 10.6 Å². The summed E-state index contributed by atoms with van der Waals surface area (Å²) >= 11 is 0. The molecule has 0 bridgehead atoms. The van der Waals surface area contributed by atoms with Gasteiger partial charge in [0.15, 0.2) is 6.10 Å². The smallest absolute Gasteiger partial charge is 0.272 e. The van der Waals surface area contributed by atoms with Gasteiger partial charge in [-0.1, -0.05) is 6.07 Å². The number of aromatic amines is 1. The maximum atomic E-state index is 13.7. The van der Waals surface area contributed by atoms with Crippen molar-refractivity contribution in [2.24, 2.45) is 0 Å². The number of nitrogens with one attached hydrogen (secondary N) is 3. The molecule has 1 aliphatic heterocycles. The number of fused-ring (bicyclic) bond motifs is 2. The van der Waals surface area contributed by atoms with Crippen molar-refractivity contribution >= 4 is 34.1 Å². The van der Waals surface area contributed by atoms with E-state index in [0.717, 1.165) is 0 Å². The van der Waals surface area contributed by atoms with Gasteiger partial charge >= 0.3 is 0 Å². The van der Waals surface area contributed by atoms with Crippen LogP contribution in [-0.4, -0.2) is 22.9 Å². The molecule has 4 rings (SSSR count). The summed E-state index contributed by atoms with van der Waals surface area (Å²) in [5.41, 5.74) is 1.77. The van der Waals surface area contributed by atoms with Gasteiger partial charge < -0.3 is 20.4 Å². The van der Waals surface area contributed by atoms with Crippen LogP contribution in [0.1, 0.15) is 17.4 Å². The molecule has 6 nitrogen and oxygen atoms in total. The van der Waals surface area contributed by atoms with E-state index < -0.39 is 17.8 Å². The van der Waals surface area contributed by atoms with Crippen LogP contribution >= 0.6 is 0 Å². The zero-order valence-electron chi connectivity index (χ0n) is 13.2. The SMILES string of the molecule is C[C@@H]1Oc2ccc(NC(=O)c3cc4c(F)cccc4[nH]3)cc2NC1=O. The average Bonchev–Trinajstić information content (AvgIpc) is 3.02. The minimum absolute atomic E-state index is 0.242. The minimum Gasteiger partial charge on any atom is -0.479 e. The molecule has 0 radical (unpaired) electrons. The third-order valence-corrected chi connectivity index (χ3v) is 4.02. The van der Waals surface area contributed by atoms with Crippen LogP contribution in [0.2, 0.25) is 0 Å². The van der Waals surface area contributed by atoms with E-state index in [0.29, 0.717) is 28.0 Å². The second-order valence-corrected chi connectivity index (χ2v) is 5.80. The van der Waals surface area contributed by atoms with Gasteiger partial charge in [0.05, 0.1) is 5.69 Å². The topological polar surface area (TPSA) is 83.2 Å². The number of amides is 2. The lowest BCUT2D eigenvalue weighted by atomic mass is 10.2. The van der Waals surface area contributed by atoms with Gasteiger partial charge in [-0.05, 0) is 43.3 Å². The van der Waals surface area contributed by atoms with Crippen molar-refractivity contribution in [2.45, 2.75) is 13.0 Å². The third kappa shape index (κ3) is 2.69. The van der Waals surface area contributed by atoms with E-state index in [9.17, 15) is 14.0 Å². The Labute approximate surface area is 142 Å². The number of ether oxygens (including phenoxy) is 1. The first kappa shape index (κ1) is 15.2. The van der Waals surface area contributed by atoms with Gasteiger partial charge in [0.1, 0.15) is 17.3 Å². The van der Waals surface area contributed by atoms with E-state index in [1.165, 1.54) is 12.1 Å². The van der Waals surface area contributed by atoms with Crippen molar-refractivity contribution in [1.82, 2.24) is 4.98 Å². The first-order valence-corrected chi connectivity index (χ1v) is 7.71. The Morgan fingerprint density at radius 1 is 1.24 bits per heavy atom. The quantitative estimate of drug-likeness (QED) is 0.670. The zero-order valence-corrected chi connectivity index (χ0v) is 13.2. The molecule has 126 valence electrons. The van der Waals surface area contributed by atoms with Crippen LogP contribution in [0, 0.1) is 5.82 Å². The Morgan fingerprint density at radius 3 is 2.88 bits per heavy atom. The molecule has 3 N–H and O–H groups in total. The summed E-state index contributed by atoms with van der Waals surface area (Å²) in [4.78, 5) is 27.0. The van der Waals surface area contributed by atoms with Gasteiger partial charge in [0.2, 0.25) is 0 Å². The maximum Gasteiger partial charge on any atom is 0.272 e. The van der Waals surface area contributed by atoms with Crippen LogP contribution in [-0.2, 0) is 4.79 Å². The molecule has 2 heterocycles. The third-order valence-electron chi connectivity index (χ3n) is 4.02. The average molecular weight is 339 g/mol. The fourth-order valence-corrected chi connectivity index (χ4v) is 2.73. The molecule has 7 heteroatoms. The second kappa shape index (κ2) is 5.62. The first-order chi connectivity index (χ1) is 12.0. The molecular weight excluding hydrogens is 325 g/mol. The monoisotopic (exact) mass is 339 g/mol. The van der Waals surface area contributed by atoms with Crippen LogP contribution in [0.15, 0.2) is 42.5 Å². The largest absolute Gasteiger partial charge is 0.479 e. The lowest BCUT2D eigenvalue weighted by Gasteiger charge is -2.23. The molecule has 2 aromatic carbocycles. The molecule has 0 saturated heterocycles. The zero-order chi connectivity index (χ0) is 17.6. The summed E-state index contributed by atoms with van der Waals surface area (Å²) in [7, 11) is 0. The van der Waals surface area contributed by atoms with Gasteiger partial charge in [0.25, 0.3) is 11.8 Å². The number of carbonyl (C=O) groups is 2. The molecule has 25 heavy (non-hydrogen) atoms. The summed E-state index contributed by atoms with van der Waals surface area (Å²) < 4.78 is 19.2. The molecule has 1 atom stereocenters. The molecule has 1 aromatic heterocycles. The van der Waals surface area contributed by atoms with Crippen LogP contribution in [0.5, 0.6) is 5.75 Å². The Hall–Kier alpha value is -3.35. The number of halogens is 1. The van der Waals surface area contributed by atoms with E-state index >= 15 is 0 Å². The fraction of sp³-hybridized carbons (Fsp3) is 0.111. The highest BCUT2D eigenvalue weighted by Crippen LogP contribution is 2.32. The van der Waals surface area contributed by atoms with Crippen molar-refractivity contribution < 1.29 is 18.7 Å². The van der Waals surface area contributed by atoms with Gasteiger partial charge in [0, 0.05) is 16.6 Å². The first-order valence-electron chi connectivity index (χ1n) is 7.71. The molecule has 0 spiro atoms. The lowest BCUT2D eigenvalue weighted by molar-refractivity contribution is -0.122. The molecule has 0 saturated carbocycles. The van der Waals surface area contributed by atoms with E-state index in [2.05, 4.69) is 15.6 Å². The number of H-pyrrole nitrogens is 1. The van der Waals surface area contributed by atoms with Gasteiger partial charge in [-0.3, -0.25) is 9.59 Å². The molecule has 0 aliphatic carbocycles. The number of hydrogen-bond acceptors (Lipinski definition) is 3. The molecule has 3 aromatic rings. The highest BCUT2D eigenvalue weighted by Gasteiger charge is 2.23. The summed E-state index contributed by atoms with van der Waals surface area (Å²) in [5, 5.41) is 5.79. The second-order valence-electron chi connectivity index (χ2n) is 5.80. The van der Waals surface area contributed by atoms with Crippen LogP contribution < -0.4 is 15.4 Å². The van der Waals surface area contributed by atoms with Crippen molar-refractivity contribution in [3.8, 4) is 5.75 Å². The number of rotatable bonds is 2. The van der Waals surface area contributed by atoms with Gasteiger partial charge in [-0.25, -0.2) is 4.39 Å². The fourth-order valence-electron chi connectivity index (χ4n) is 2.73. The summed E-state index contributed by atoms with van der Waals surface area (Å²) in [6, 6.07) is 11.0.